The average molecular weight is 374 g/mol. The summed E-state index contributed by atoms with van der Waals surface area (Å²) in [5, 5.41) is 4.36. The summed E-state index contributed by atoms with van der Waals surface area (Å²) in [5.74, 6) is -0.0911. The number of alkyl halides is 3. The number of amides is 1. The molecule has 1 amide bonds. The van der Waals surface area contributed by atoms with Crippen LogP contribution in [-0.2, 0) is 17.5 Å². The first-order valence-electron chi connectivity index (χ1n) is 8.13. The van der Waals surface area contributed by atoms with E-state index in [9.17, 15) is 18.0 Å². The molecule has 0 spiro atoms. The first kappa shape index (κ1) is 18.6. The van der Waals surface area contributed by atoms with Gasteiger partial charge in [0.25, 0.3) is 0 Å². The highest BCUT2D eigenvalue weighted by Crippen LogP contribution is 2.30. The second-order valence-electron chi connectivity index (χ2n) is 6.17. The van der Waals surface area contributed by atoms with Gasteiger partial charge in [-0.1, -0.05) is 24.3 Å². The van der Waals surface area contributed by atoms with Gasteiger partial charge in [-0.2, -0.15) is 18.3 Å². The van der Waals surface area contributed by atoms with Crippen LogP contribution in [0.25, 0.3) is 22.5 Å². The largest absolute Gasteiger partial charge is 0.433 e. The molecule has 8 heteroatoms. The van der Waals surface area contributed by atoms with Crippen LogP contribution < -0.4 is 0 Å². The summed E-state index contributed by atoms with van der Waals surface area (Å²) in [6.45, 7) is 0.113. The number of rotatable bonds is 4. The second-order valence-corrected chi connectivity index (χ2v) is 6.17. The molecular weight excluding hydrogens is 357 g/mol. The van der Waals surface area contributed by atoms with Crippen molar-refractivity contribution in [3.05, 3.63) is 60.4 Å². The molecule has 0 bridgehead atoms. The molecule has 0 aliphatic carbocycles. The summed E-state index contributed by atoms with van der Waals surface area (Å²) < 4.78 is 40.2. The lowest BCUT2D eigenvalue weighted by Crippen LogP contribution is -2.26. The molecule has 0 N–H and O–H groups in total. The Hall–Kier alpha value is -3.16. The molecule has 27 heavy (non-hydrogen) atoms. The van der Waals surface area contributed by atoms with Crippen molar-refractivity contribution in [1.82, 2.24) is 19.7 Å². The van der Waals surface area contributed by atoms with Crippen molar-refractivity contribution in [2.45, 2.75) is 12.7 Å². The summed E-state index contributed by atoms with van der Waals surface area (Å²) in [7, 11) is 3.33. The predicted molar refractivity (Wildman–Crippen MR) is 94.6 cm³/mol. The molecule has 3 aromatic rings. The minimum atomic E-state index is -4.49. The highest BCUT2D eigenvalue weighted by atomic mass is 19.4. The van der Waals surface area contributed by atoms with Gasteiger partial charge in [-0.15, -0.1) is 0 Å². The van der Waals surface area contributed by atoms with E-state index in [0.717, 1.165) is 11.6 Å². The van der Waals surface area contributed by atoms with E-state index in [0.29, 0.717) is 11.3 Å². The van der Waals surface area contributed by atoms with E-state index >= 15 is 0 Å². The number of pyridine rings is 1. The third kappa shape index (κ3) is 4.33. The Balaban J connectivity index is 1.89. The summed E-state index contributed by atoms with van der Waals surface area (Å²) in [5.41, 5.74) is 1.20. The van der Waals surface area contributed by atoms with E-state index < -0.39 is 11.9 Å². The fourth-order valence-corrected chi connectivity index (χ4v) is 2.47. The zero-order valence-corrected chi connectivity index (χ0v) is 14.7. The van der Waals surface area contributed by atoms with Gasteiger partial charge in [-0.05, 0) is 24.3 Å². The third-order valence-electron chi connectivity index (χ3n) is 3.93. The summed E-state index contributed by atoms with van der Waals surface area (Å²) >= 11 is 0. The highest BCUT2D eigenvalue weighted by molar-refractivity contribution is 5.75. The van der Waals surface area contributed by atoms with Gasteiger partial charge in [0.15, 0.2) is 0 Å². The van der Waals surface area contributed by atoms with Crippen molar-refractivity contribution in [1.29, 1.82) is 0 Å². The fraction of sp³-hybridized carbons (Fsp3) is 0.211. The van der Waals surface area contributed by atoms with Crippen LogP contribution in [0.4, 0.5) is 13.2 Å². The maximum Gasteiger partial charge on any atom is 0.433 e. The van der Waals surface area contributed by atoms with Crippen LogP contribution in [0.5, 0.6) is 0 Å². The molecule has 140 valence electrons. The molecule has 0 aliphatic rings. The number of hydrogen-bond acceptors (Lipinski definition) is 3. The van der Waals surface area contributed by atoms with E-state index in [1.165, 1.54) is 21.7 Å². The Morgan fingerprint density at radius 2 is 1.70 bits per heavy atom. The lowest BCUT2D eigenvalue weighted by atomic mass is 10.1. The quantitative estimate of drug-likeness (QED) is 0.699. The number of nitrogens with zero attached hydrogens (tertiary/aromatic N) is 4. The molecule has 0 radical (unpaired) electrons. The monoisotopic (exact) mass is 374 g/mol. The molecule has 1 aromatic carbocycles. The van der Waals surface area contributed by atoms with Gasteiger partial charge >= 0.3 is 6.18 Å². The van der Waals surface area contributed by atoms with Crippen molar-refractivity contribution >= 4 is 5.91 Å². The summed E-state index contributed by atoms with van der Waals surface area (Å²) in [6, 6.07) is 12.5. The minimum Gasteiger partial charge on any atom is -0.347 e. The van der Waals surface area contributed by atoms with Crippen molar-refractivity contribution < 1.29 is 18.0 Å². The molecule has 2 heterocycles. The van der Waals surface area contributed by atoms with Gasteiger partial charge in [0.1, 0.15) is 12.2 Å². The van der Waals surface area contributed by atoms with E-state index in [1.54, 1.807) is 50.6 Å². The molecule has 0 unspecified atom stereocenters. The van der Waals surface area contributed by atoms with E-state index in [4.69, 9.17) is 0 Å². The smallest absolute Gasteiger partial charge is 0.347 e. The number of halogens is 3. The zero-order chi connectivity index (χ0) is 19.6. The molecule has 5 nitrogen and oxygen atoms in total. The van der Waals surface area contributed by atoms with Gasteiger partial charge in [-0.25, -0.2) is 4.98 Å². The van der Waals surface area contributed by atoms with Gasteiger partial charge in [0.05, 0.1) is 11.4 Å². The second kappa shape index (κ2) is 7.22. The molecule has 0 atom stereocenters. The van der Waals surface area contributed by atoms with E-state index in [2.05, 4.69) is 10.1 Å². The number of hydrogen-bond donors (Lipinski definition) is 0. The summed E-state index contributed by atoms with van der Waals surface area (Å²) in [4.78, 5) is 17.0. The molecule has 0 aliphatic heterocycles. The van der Waals surface area contributed by atoms with Crippen molar-refractivity contribution in [3.63, 3.8) is 0 Å². The van der Waals surface area contributed by atoms with Crippen molar-refractivity contribution in [2.75, 3.05) is 14.1 Å². The number of likely N-dealkylation sites (N-methyl/N-ethyl adjacent to an activating group) is 1. The molecule has 0 fully saturated rings. The Labute approximate surface area is 154 Å². The highest BCUT2D eigenvalue weighted by Gasteiger charge is 2.32. The Bertz CT molecular complexity index is 963. The number of carbonyl (C=O) groups excluding carboxylic acids is 1. The van der Waals surface area contributed by atoms with Gasteiger partial charge in [0, 0.05) is 31.4 Å². The van der Waals surface area contributed by atoms with Crippen molar-refractivity contribution in [2.24, 2.45) is 0 Å². The van der Waals surface area contributed by atoms with Crippen LogP contribution in [0, 0.1) is 0 Å². The van der Waals surface area contributed by atoms with E-state index in [-0.39, 0.29) is 18.1 Å². The first-order valence-corrected chi connectivity index (χ1v) is 8.13. The van der Waals surface area contributed by atoms with E-state index in [1.807, 2.05) is 0 Å². The molecular formula is C19H17F3N4O. The normalized spacial score (nSPS) is 11.4. The lowest BCUT2D eigenvalue weighted by Gasteiger charge is -2.10. The molecule has 0 saturated carbocycles. The first-order chi connectivity index (χ1) is 12.7. The van der Waals surface area contributed by atoms with Gasteiger partial charge in [-0.3, -0.25) is 9.48 Å². The third-order valence-corrected chi connectivity index (χ3v) is 3.93. The number of carbonyl (C=O) groups is 1. The standard InChI is InChI=1S/C19H17F3N4O/c1-25(2)18(27)12-26-10-9-16(24-26)14-6-3-5-13(11-14)15-7-4-8-17(23-15)19(20,21)22/h3-11H,12H2,1-2H3. The summed E-state index contributed by atoms with van der Waals surface area (Å²) in [6.07, 6.45) is -2.81. The Kier molecular flexibility index (Phi) is 4.98. The number of benzene rings is 1. The fourth-order valence-electron chi connectivity index (χ4n) is 2.47. The Morgan fingerprint density at radius 3 is 2.37 bits per heavy atom. The maximum atomic E-state index is 12.9. The Morgan fingerprint density at radius 1 is 1.04 bits per heavy atom. The predicted octanol–water partition coefficient (Wildman–Crippen LogP) is 3.72. The van der Waals surface area contributed by atoms with Crippen LogP contribution in [0.1, 0.15) is 5.69 Å². The maximum absolute atomic E-state index is 12.9. The van der Waals surface area contributed by atoms with Crippen molar-refractivity contribution in [3.8, 4) is 22.5 Å². The number of aromatic nitrogens is 3. The topological polar surface area (TPSA) is 51.0 Å². The van der Waals surface area contributed by atoms with Crippen LogP contribution >= 0.6 is 0 Å². The average Bonchev–Trinajstić information content (AvgIpc) is 3.10. The molecule has 2 aromatic heterocycles. The van der Waals surface area contributed by atoms with Crippen LogP contribution in [0.3, 0.4) is 0 Å². The van der Waals surface area contributed by atoms with Crippen LogP contribution in [0.2, 0.25) is 0 Å². The van der Waals surface area contributed by atoms with Gasteiger partial charge < -0.3 is 4.90 Å². The van der Waals surface area contributed by atoms with Gasteiger partial charge in [0.2, 0.25) is 5.91 Å². The van der Waals surface area contributed by atoms with Crippen LogP contribution in [0.15, 0.2) is 54.7 Å². The minimum absolute atomic E-state index is 0.0911. The van der Waals surface area contributed by atoms with Crippen LogP contribution in [-0.4, -0.2) is 39.7 Å². The molecule has 0 saturated heterocycles. The lowest BCUT2D eigenvalue weighted by molar-refractivity contribution is -0.141. The molecule has 3 rings (SSSR count). The zero-order valence-electron chi connectivity index (χ0n) is 14.7. The SMILES string of the molecule is CN(C)C(=O)Cn1ccc(-c2cccc(-c3cccc(C(F)(F)F)n3)c2)n1.